The average Bonchev–Trinajstić information content (AvgIpc) is 3.31. The summed E-state index contributed by atoms with van der Waals surface area (Å²) in [6.07, 6.45) is 0. The third-order valence-electron chi connectivity index (χ3n) is 3.53. The summed E-state index contributed by atoms with van der Waals surface area (Å²) < 4.78 is 40.7. The molecule has 1 fully saturated rings. The maximum atomic E-state index is 13.9. The zero-order valence-corrected chi connectivity index (χ0v) is 13.9. The highest BCUT2D eigenvalue weighted by Gasteiger charge is 2.48. The van der Waals surface area contributed by atoms with E-state index >= 15 is 0 Å². The Bertz CT molecular complexity index is 903. The van der Waals surface area contributed by atoms with E-state index in [2.05, 4.69) is 15.9 Å². The maximum absolute atomic E-state index is 13.9. The van der Waals surface area contributed by atoms with Crippen molar-refractivity contribution in [2.24, 2.45) is 0 Å². The molecule has 23 heavy (non-hydrogen) atoms. The first-order chi connectivity index (χ1) is 10.8. The fourth-order valence-electron chi connectivity index (χ4n) is 2.36. The summed E-state index contributed by atoms with van der Waals surface area (Å²) in [6.45, 7) is 0.0851. The second-order valence-corrected chi connectivity index (χ2v) is 7.76. The fraction of sp³-hybridized carbons (Fsp3) is 0.143. The van der Waals surface area contributed by atoms with E-state index in [1.807, 2.05) is 0 Å². The lowest BCUT2D eigenvalue weighted by Crippen LogP contribution is -2.14. The Hall–Kier alpha value is -1.84. The van der Waals surface area contributed by atoms with E-state index in [0.717, 1.165) is 10.4 Å². The third-order valence-corrected chi connectivity index (χ3v) is 5.95. The van der Waals surface area contributed by atoms with Crippen LogP contribution in [-0.2, 0) is 10.0 Å². The summed E-state index contributed by atoms with van der Waals surface area (Å²) in [5, 5.41) is 11.0. The summed E-state index contributed by atoms with van der Waals surface area (Å²) in [5.74, 6) is -0.515. The first-order valence-corrected chi connectivity index (χ1v) is 8.76. The summed E-state index contributed by atoms with van der Waals surface area (Å²) >= 11 is 3.21. The minimum atomic E-state index is -4.06. The zero-order chi connectivity index (χ0) is 16.8. The Kier molecular flexibility index (Phi) is 3.95. The molecule has 2 atom stereocenters. The highest BCUT2D eigenvalue weighted by Crippen LogP contribution is 2.43. The normalized spacial score (nSPS) is 20.3. The van der Waals surface area contributed by atoms with Crippen LogP contribution in [0.3, 0.4) is 0 Å². The molecule has 120 valence electrons. The lowest BCUT2D eigenvalue weighted by atomic mass is 10.1. The van der Waals surface area contributed by atoms with Crippen LogP contribution in [0.4, 0.5) is 10.1 Å². The number of para-hydroxylation sites is 1. The highest BCUT2D eigenvalue weighted by molar-refractivity contribution is 9.10. The molecule has 1 aliphatic rings. The number of hydrogen-bond acceptors (Lipinski definition) is 4. The van der Waals surface area contributed by atoms with Crippen molar-refractivity contribution >= 4 is 31.6 Å². The van der Waals surface area contributed by atoms with Gasteiger partial charge < -0.3 is 0 Å². The lowest BCUT2D eigenvalue weighted by molar-refractivity contribution is -0.387. The van der Waals surface area contributed by atoms with E-state index in [9.17, 15) is 22.9 Å². The molecule has 3 rings (SSSR count). The fourth-order valence-corrected chi connectivity index (χ4v) is 4.44. The van der Waals surface area contributed by atoms with E-state index in [1.54, 1.807) is 0 Å². The van der Waals surface area contributed by atoms with E-state index in [4.69, 9.17) is 0 Å². The standard InChI is InChI=1S/C14H10BrFN2O4S/c15-9-5-6-11(16)10(7-9)13-8-17(13)23(21,22)14-4-2-1-3-12(14)18(19)20/h1-7,13H,8H2. The monoisotopic (exact) mass is 400 g/mol. The van der Waals surface area contributed by atoms with E-state index < -0.39 is 32.5 Å². The molecule has 1 aliphatic heterocycles. The predicted octanol–water partition coefficient (Wildman–Crippen LogP) is 3.24. The summed E-state index contributed by atoms with van der Waals surface area (Å²) in [5.41, 5.74) is -0.255. The zero-order valence-electron chi connectivity index (χ0n) is 11.5. The molecule has 0 radical (unpaired) electrons. The van der Waals surface area contributed by atoms with Gasteiger partial charge in [-0.1, -0.05) is 28.1 Å². The number of nitro benzene ring substituents is 1. The number of hydrogen-bond donors (Lipinski definition) is 0. The van der Waals surface area contributed by atoms with Gasteiger partial charge in [0, 0.05) is 22.6 Å². The number of rotatable bonds is 4. The summed E-state index contributed by atoms with van der Waals surface area (Å²) in [6, 6.07) is 8.73. The van der Waals surface area contributed by atoms with Crippen molar-refractivity contribution in [3.8, 4) is 0 Å². The van der Waals surface area contributed by atoms with Gasteiger partial charge in [0.2, 0.25) is 0 Å². The van der Waals surface area contributed by atoms with Crippen LogP contribution in [0, 0.1) is 15.9 Å². The Morgan fingerprint density at radius 3 is 2.65 bits per heavy atom. The lowest BCUT2D eigenvalue weighted by Gasteiger charge is -2.08. The molecule has 9 heteroatoms. The van der Waals surface area contributed by atoms with Gasteiger partial charge in [-0.25, -0.2) is 12.8 Å². The molecule has 2 aromatic carbocycles. The van der Waals surface area contributed by atoms with Gasteiger partial charge >= 0.3 is 0 Å². The van der Waals surface area contributed by atoms with Crippen molar-refractivity contribution in [2.75, 3.05) is 6.54 Å². The first-order valence-electron chi connectivity index (χ1n) is 6.52. The number of nitrogens with zero attached hydrogens (tertiary/aromatic N) is 2. The topological polar surface area (TPSA) is 80.3 Å². The van der Waals surface area contributed by atoms with Crippen LogP contribution >= 0.6 is 15.9 Å². The highest BCUT2D eigenvalue weighted by atomic mass is 79.9. The molecular formula is C14H10BrFN2O4S. The van der Waals surface area contributed by atoms with Gasteiger partial charge in [-0.15, -0.1) is 0 Å². The first kappa shape index (κ1) is 16.0. The number of sulfonamides is 1. The van der Waals surface area contributed by atoms with Crippen LogP contribution < -0.4 is 0 Å². The van der Waals surface area contributed by atoms with Gasteiger partial charge in [-0.3, -0.25) is 10.1 Å². The summed E-state index contributed by atoms with van der Waals surface area (Å²) in [7, 11) is -4.06. The van der Waals surface area contributed by atoms with Crippen molar-refractivity contribution in [3.05, 3.63) is 68.4 Å². The van der Waals surface area contributed by atoms with Crippen molar-refractivity contribution in [3.63, 3.8) is 0 Å². The Balaban J connectivity index is 1.98. The third kappa shape index (κ3) is 2.87. The van der Waals surface area contributed by atoms with Gasteiger partial charge in [0.05, 0.1) is 11.0 Å². The summed E-state index contributed by atoms with van der Waals surface area (Å²) in [4.78, 5) is 9.89. The quantitative estimate of drug-likeness (QED) is 0.448. The molecule has 1 heterocycles. The second kappa shape index (κ2) is 5.66. The van der Waals surface area contributed by atoms with Crippen LogP contribution in [0.15, 0.2) is 51.8 Å². The Morgan fingerprint density at radius 1 is 1.26 bits per heavy atom. The molecule has 6 nitrogen and oxygen atoms in total. The molecule has 0 N–H and O–H groups in total. The molecule has 0 saturated carbocycles. The molecule has 1 saturated heterocycles. The van der Waals surface area contributed by atoms with E-state index in [1.165, 1.54) is 36.4 Å². The van der Waals surface area contributed by atoms with Crippen molar-refractivity contribution in [1.82, 2.24) is 4.31 Å². The van der Waals surface area contributed by atoms with Gasteiger partial charge in [0.25, 0.3) is 15.7 Å². The average molecular weight is 401 g/mol. The molecular weight excluding hydrogens is 391 g/mol. The molecule has 0 spiro atoms. The Labute approximate surface area is 139 Å². The van der Waals surface area contributed by atoms with Gasteiger partial charge in [-0.05, 0) is 24.3 Å². The smallest absolute Gasteiger partial charge is 0.258 e. The van der Waals surface area contributed by atoms with Gasteiger partial charge in [-0.2, -0.15) is 4.31 Å². The van der Waals surface area contributed by atoms with Crippen LogP contribution in [0.1, 0.15) is 11.6 Å². The van der Waals surface area contributed by atoms with Crippen molar-refractivity contribution < 1.29 is 17.7 Å². The van der Waals surface area contributed by atoms with Crippen LogP contribution in [0.25, 0.3) is 0 Å². The predicted molar refractivity (Wildman–Crippen MR) is 83.8 cm³/mol. The molecule has 0 bridgehead atoms. The number of nitro groups is 1. The minimum absolute atomic E-state index is 0.0851. The van der Waals surface area contributed by atoms with Crippen LogP contribution in [0.5, 0.6) is 0 Å². The van der Waals surface area contributed by atoms with Gasteiger partial charge in [0.15, 0.2) is 4.90 Å². The largest absolute Gasteiger partial charge is 0.289 e. The van der Waals surface area contributed by atoms with E-state index in [0.29, 0.717) is 4.47 Å². The van der Waals surface area contributed by atoms with Gasteiger partial charge in [0.1, 0.15) is 5.82 Å². The van der Waals surface area contributed by atoms with Crippen LogP contribution in [0.2, 0.25) is 0 Å². The number of halogens is 2. The molecule has 2 aromatic rings. The minimum Gasteiger partial charge on any atom is -0.258 e. The molecule has 2 unspecified atom stereocenters. The SMILES string of the molecule is O=[N+]([O-])c1ccccc1S(=O)(=O)N1CC1c1cc(Br)ccc1F. The molecule has 0 amide bonds. The van der Waals surface area contributed by atoms with Crippen LogP contribution in [-0.4, -0.2) is 24.2 Å². The second-order valence-electron chi connectivity index (χ2n) is 4.98. The molecule has 0 aromatic heterocycles. The maximum Gasteiger partial charge on any atom is 0.289 e. The van der Waals surface area contributed by atoms with Crippen molar-refractivity contribution in [1.29, 1.82) is 0 Å². The van der Waals surface area contributed by atoms with Crippen molar-refractivity contribution in [2.45, 2.75) is 10.9 Å². The number of benzene rings is 2. The Morgan fingerprint density at radius 2 is 1.96 bits per heavy atom. The van der Waals surface area contributed by atoms with E-state index in [-0.39, 0.29) is 17.0 Å². The molecule has 0 aliphatic carbocycles.